The molecule has 0 amide bonds. The van der Waals surface area contributed by atoms with E-state index in [1.807, 2.05) is 0 Å². The number of nitrogens with zero attached hydrogens (tertiary/aromatic N) is 1. The van der Waals surface area contributed by atoms with E-state index in [2.05, 4.69) is 83.5 Å². The quantitative estimate of drug-likeness (QED) is 0.0385. The van der Waals surface area contributed by atoms with Gasteiger partial charge in [-0.3, -0.25) is 0 Å². The third-order valence-electron chi connectivity index (χ3n) is 10.3. The summed E-state index contributed by atoms with van der Waals surface area (Å²) in [5.74, 6) is -0.321. The second-order valence-corrected chi connectivity index (χ2v) is 15.4. The van der Waals surface area contributed by atoms with E-state index in [9.17, 15) is 0 Å². The van der Waals surface area contributed by atoms with Crippen LogP contribution < -0.4 is 0 Å². The first-order valence-electron chi connectivity index (χ1n) is 21.2. The molecule has 3 nitrogen and oxygen atoms in total. The molecule has 1 saturated heterocycles. The van der Waals surface area contributed by atoms with E-state index in [0.717, 1.165) is 49.7 Å². The lowest BCUT2D eigenvalue weighted by molar-refractivity contribution is -0.889. The third-order valence-corrected chi connectivity index (χ3v) is 10.3. The highest BCUT2D eigenvalue weighted by atomic mass is 16.7. The van der Waals surface area contributed by atoms with E-state index in [1.165, 1.54) is 148 Å². The zero-order valence-corrected chi connectivity index (χ0v) is 33.2. The van der Waals surface area contributed by atoms with Crippen molar-refractivity contribution in [2.45, 2.75) is 206 Å². The van der Waals surface area contributed by atoms with Crippen LogP contribution in [0.15, 0.2) is 48.6 Å². The summed E-state index contributed by atoms with van der Waals surface area (Å²) in [6.45, 7) is 9.94. The molecule has 0 aliphatic carbocycles. The highest BCUT2D eigenvalue weighted by molar-refractivity contribution is 4.93. The van der Waals surface area contributed by atoms with Gasteiger partial charge in [-0.1, -0.05) is 140 Å². The van der Waals surface area contributed by atoms with Gasteiger partial charge in [0.05, 0.1) is 39.9 Å². The molecule has 1 heterocycles. The van der Waals surface area contributed by atoms with Crippen molar-refractivity contribution >= 4 is 0 Å². The number of unbranched alkanes of at least 4 members (excludes halogenated alkanes) is 18. The number of rotatable bonds is 34. The predicted octanol–water partition coefficient (Wildman–Crippen LogP) is 14.0. The largest absolute Gasteiger partial charge is 0.347 e. The summed E-state index contributed by atoms with van der Waals surface area (Å²) < 4.78 is 14.4. The lowest BCUT2D eigenvalue weighted by atomic mass is 9.98. The Morgan fingerprint density at radius 1 is 0.521 bits per heavy atom. The molecule has 0 N–H and O–H groups in total. The smallest absolute Gasteiger partial charge is 0.168 e. The highest BCUT2D eigenvalue weighted by Gasteiger charge is 2.40. The first kappa shape index (κ1) is 44.9. The van der Waals surface area contributed by atoms with Gasteiger partial charge in [0.25, 0.3) is 0 Å². The van der Waals surface area contributed by atoms with Gasteiger partial charge in [-0.05, 0) is 84.0 Å². The highest BCUT2D eigenvalue weighted by Crippen LogP contribution is 2.36. The van der Waals surface area contributed by atoms with Crippen molar-refractivity contribution in [3.8, 4) is 0 Å². The maximum Gasteiger partial charge on any atom is 0.168 e. The Kier molecular flexibility index (Phi) is 29.7. The molecule has 0 aromatic carbocycles. The first-order chi connectivity index (χ1) is 23.5. The molecule has 0 aromatic rings. The van der Waals surface area contributed by atoms with Crippen LogP contribution in [0, 0.1) is 0 Å². The fourth-order valence-corrected chi connectivity index (χ4v) is 6.56. The minimum Gasteiger partial charge on any atom is -0.347 e. The Labute approximate surface area is 301 Å². The molecule has 0 spiro atoms. The average molecular weight is 671 g/mol. The van der Waals surface area contributed by atoms with Crippen molar-refractivity contribution in [2.75, 3.05) is 33.8 Å². The molecule has 1 aliphatic rings. The van der Waals surface area contributed by atoms with Crippen molar-refractivity contribution in [1.82, 2.24) is 0 Å². The van der Waals surface area contributed by atoms with Crippen LogP contribution in [0.4, 0.5) is 0 Å². The Morgan fingerprint density at radius 2 is 0.917 bits per heavy atom. The molecule has 1 aliphatic heterocycles. The monoisotopic (exact) mass is 671 g/mol. The van der Waals surface area contributed by atoms with Crippen LogP contribution in [0.5, 0.6) is 0 Å². The molecule has 1 rings (SSSR count). The van der Waals surface area contributed by atoms with Crippen LogP contribution >= 0.6 is 0 Å². The Morgan fingerprint density at radius 3 is 1.33 bits per heavy atom. The van der Waals surface area contributed by atoms with Gasteiger partial charge in [-0.15, -0.1) is 0 Å². The number of quaternary nitrogens is 1. The van der Waals surface area contributed by atoms with E-state index < -0.39 is 0 Å². The summed E-state index contributed by atoms with van der Waals surface area (Å²) in [5, 5.41) is 0. The second kappa shape index (κ2) is 31.8. The van der Waals surface area contributed by atoms with E-state index in [0.29, 0.717) is 0 Å². The summed E-state index contributed by atoms with van der Waals surface area (Å²) >= 11 is 0. The summed E-state index contributed by atoms with van der Waals surface area (Å²) in [7, 11) is 4.66. The zero-order chi connectivity index (χ0) is 34.9. The standard InChI is InChI=1S/C45H84NO2/c1-6-9-11-13-15-17-19-21-23-25-27-29-31-33-35-37-40-45(47-43-44(48-45)39-42-46(4,5)8-3)41-38-36-34-32-30-28-26-24-22-20-18-16-14-12-10-7-2/h15-18,21-24,44H,6-14,19-20,25-43H2,1-5H3/q+1. The van der Waals surface area contributed by atoms with Gasteiger partial charge in [0.15, 0.2) is 5.79 Å². The van der Waals surface area contributed by atoms with Crippen LogP contribution in [0.2, 0.25) is 0 Å². The predicted molar refractivity (Wildman–Crippen MR) is 214 cm³/mol. The van der Waals surface area contributed by atoms with Gasteiger partial charge < -0.3 is 14.0 Å². The lowest BCUT2D eigenvalue weighted by Gasteiger charge is -2.31. The molecule has 3 heteroatoms. The molecular formula is C45H84NO2+. The third kappa shape index (κ3) is 26.7. The summed E-state index contributed by atoms with van der Waals surface area (Å²) in [6, 6.07) is 0. The molecule has 1 unspecified atom stereocenters. The minimum atomic E-state index is -0.321. The van der Waals surface area contributed by atoms with Crippen molar-refractivity contribution < 1.29 is 14.0 Å². The molecule has 0 aromatic heterocycles. The minimum absolute atomic E-state index is 0.267. The van der Waals surface area contributed by atoms with Crippen molar-refractivity contribution in [2.24, 2.45) is 0 Å². The lowest BCUT2D eigenvalue weighted by Crippen LogP contribution is -2.41. The maximum absolute atomic E-state index is 6.78. The van der Waals surface area contributed by atoms with E-state index in [4.69, 9.17) is 9.47 Å². The van der Waals surface area contributed by atoms with Gasteiger partial charge in [-0.25, -0.2) is 0 Å². The molecule has 48 heavy (non-hydrogen) atoms. The molecule has 0 saturated carbocycles. The number of hydrogen-bond donors (Lipinski definition) is 0. The van der Waals surface area contributed by atoms with Gasteiger partial charge in [0.1, 0.15) is 0 Å². The van der Waals surface area contributed by atoms with Crippen molar-refractivity contribution in [3.05, 3.63) is 48.6 Å². The Bertz CT molecular complexity index is 762. The summed E-state index contributed by atoms with van der Waals surface area (Å²) in [5.41, 5.74) is 0. The van der Waals surface area contributed by atoms with Gasteiger partial charge in [0.2, 0.25) is 0 Å². The Hall–Kier alpha value is -1.16. The van der Waals surface area contributed by atoms with E-state index >= 15 is 0 Å². The number of ether oxygens (including phenoxy) is 2. The molecule has 1 atom stereocenters. The zero-order valence-electron chi connectivity index (χ0n) is 33.2. The van der Waals surface area contributed by atoms with E-state index in [1.54, 1.807) is 0 Å². The van der Waals surface area contributed by atoms with Crippen molar-refractivity contribution in [1.29, 1.82) is 0 Å². The molecule has 0 bridgehead atoms. The van der Waals surface area contributed by atoms with Crippen molar-refractivity contribution in [3.63, 3.8) is 0 Å². The number of allylic oxidation sites excluding steroid dienone is 8. The van der Waals surface area contributed by atoms with Gasteiger partial charge >= 0.3 is 0 Å². The fourth-order valence-electron chi connectivity index (χ4n) is 6.56. The normalized spacial score (nSPS) is 19.0. The van der Waals surface area contributed by atoms with Crippen LogP contribution in [0.25, 0.3) is 0 Å². The van der Waals surface area contributed by atoms with Gasteiger partial charge in [0, 0.05) is 19.3 Å². The molecule has 0 radical (unpaired) electrons. The van der Waals surface area contributed by atoms with Crippen LogP contribution in [0.1, 0.15) is 194 Å². The van der Waals surface area contributed by atoms with Crippen LogP contribution in [0.3, 0.4) is 0 Å². The van der Waals surface area contributed by atoms with Crippen LogP contribution in [-0.2, 0) is 9.47 Å². The molecule has 280 valence electrons. The average Bonchev–Trinajstić information content (AvgIpc) is 3.50. The fraction of sp³-hybridized carbons (Fsp3) is 0.822. The second-order valence-electron chi connectivity index (χ2n) is 15.4. The summed E-state index contributed by atoms with van der Waals surface area (Å²) in [6.07, 6.45) is 53.4. The first-order valence-corrected chi connectivity index (χ1v) is 21.2. The Balaban J connectivity index is 2.24. The van der Waals surface area contributed by atoms with Gasteiger partial charge in [-0.2, -0.15) is 0 Å². The van der Waals surface area contributed by atoms with E-state index in [-0.39, 0.29) is 11.9 Å². The summed E-state index contributed by atoms with van der Waals surface area (Å²) in [4.78, 5) is 0. The topological polar surface area (TPSA) is 18.5 Å². The molecular weight excluding hydrogens is 587 g/mol. The molecule has 1 fully saturated rings. The van der Waals surface area contributed by atoms with Crippen LogP contribution in [-0.4, -0.2) is 50.2 Å². The SMILES string of the molecule is CCCCCC=CCC=CCCCCCCCCC1(CCCCCCCCC=CCC=CCCCCC)OCC(CC[N+](C)(C)CC)O1. The number of hydrogen-bond acceptors (Lipinski definition) is 2. The maximum atomic E-state index is 6.78.